The molecule has 7 heteroatoms. The van der Waals surface area contributed by atoms with Gasteiger partial charge in [-0.15, -0.1) is 0 Å². The molecule has 1 aromatic carbocycles. The molecule has 0 radical (unpaired) electrons. The topological polar surface area (TPSA) is 69.6 Å². The van der Waals surface area contributed by atoms with Gasteiger partial charge in [0.15, 0.2) is 0 Å². The Morgan fingerprint density at radius 3 is 2.90 bits per heavy atom. The zero-order valence-corrected chi connectivity index (χ0v) is 11.4. The van der Waals surface area contributed by atoms with E-state index in [4.69, 9.17) is 16.8 Å². The lowest BCUT2D eigenvalue weighted by atomic mass is 10.1. The van der Waals surface area contributed by atoms with Gasteiger partial charge in [-0.25, -0.2) is 9.87 Å². The van der Waals surface area contributed by atoms with Crippen LogP contribution in [0.25, 0.3) is 0 Å². The monoisotopic (exact) mass is 300 g/mol. The van der Waals surface area contributed by atoms with E-state index >= 15 is 0 Å². The Kier molecular flexibility index (Phi) is 4.57. The molecule has 108 valence electrons. The van der Waals surface area contributed by atoms with Crippen molar-refractivity contribution in [1.29, 1.82) is 0 Å². The lowest BCUT2D eigenvalue weighted by Gasteiger charge is -2.23. The van der Waals surface area contributed by atoms with Gasteiger partial charge in [-0.05, 0) is 30.5 Å². The van der Waals surface area contributed by atoms with Crippen molar-refractivity contribution >= 4 is 23.4 Å². The van der Waals surface area contributed by atoms with Crippen LogP contribution < -0.4 is 5.48 Å². The molecule has 1 atom stereocenters. The van der Waals surface area contributed by atoms with Crippen LogP contribution in [0.4, 0.5) is 4.39 Å². The second-order valence-electron chi connectivity index (χ2n) is 4.63. The third-order valence-corrected chi connectivity index (χ3v) is 3.69. The first-order valence-electron chi connectivity index (χ1n) is 6.20. The number of carbonyl (C=O) groups is 2. The highest BCUT2D eigenvalue weighted by molar-refractivity contribution is 6.31. The summed E-state index contributed by atoms with van der Waals surface area (Å²) in [5.74, 6) is -1.34. The molecule has 0 saturated carbocycles. The van der Waals surface area contributed by atoms with Crippen molar-refractivity contribution in [2.75, 3.05) is 6.54 Å². The number of hydroxylamine groups is 1. The Labute approximate surface area is 120 Å². The van der Waals surface area contributed by atoms with E-state index < -0.39 is 17.8 Å². The van der Waals surface area contributed by atoms with Crippen molar-refractivity contribution in [1.82, 2.24) is 10.4 Å². The molecular formula is C13H14ClFN2O3. The Balaban J connectivity index is 2.09. The fraction of sp³-hybridized carbons (Fsp3) is 0.385. The van der Waals surface area contributed by atoms with Gasteiger partial charge in [-0.2, -0.15) is 0 Å². The van der Waals surface area contributed by atoms with Crippen LogP contribution in [0.1, 0.15) is 18.4 Å². The summed E-state index contributed by atoms with van der Waals surface area (Å²) in [7, 11) is 0. The van der Waals surface area contributed by atoms with Gasteiger partial charge >= 0.3 is 0 Å². The third kappa shape index (κ3) is 3.08. The van der Waals surface area contributed by atoms with E-state index in [1.807, 2.05) is 0 Å². The number of amides is 2. The maximum absolute atomic E-state index is 12.9. The lowest BCUT2D eigenvalue weighted by Crippen LogP contribution is -2.45. The van der Waals surface area contributed by atoms with Crippen LogP contribution in [0.15, 0.2) is 18.2 Å². The standard InChI is InChI=1S/C13H14ClFN2O3/c14-10-7-9(15)4-3-8(10)6-12(18)17-5-1-2-11(17)13(19)16-20/h3-4,7,11,20H,1-2,5-6H2,(H,16,19)/t11-/m1/s1. The number of halogens is 2. The SMILES string of the molecule is O=C(NO)[C@H]1CCCN1C(=O)Cc1ccc(F)cc1Cl. The van der Waals surface area contributed by atoms with Crippen LogP contribution in [-0.2, 0) is 16.0 Å². The number of nitrogens with one attached hydrogen (secondary N) is 1. The van der Waals surface area contributed by atoms with Crippen molar-refractivity contribution in [3.05, 3.63) is 34.6 Å². The maximum Gasteiger partial charge on any atom is 0.266 e. The predicted octanol–water partition coefficient (Wildman–Crippen LogP) is 1.52. The van der Waals surface area contributed by atoms with Gasteiger partial charge in [-0.1, -0.05) is 17.7 Å². The Hall–Kier alpha value is -1.66. The van der Waals surface area contributed by atoms with Crippen molar-refractivity contribution in [3.63, 3.8) is 0 Å². The van der Waals surface area contributed by atoms with Crippen molar-refractivity contribution < 1.29 is 19.2 Å². The average molecular weight is 301 g/mol. The first-order chi connectivity index (χ1) is 9.52. The molecule has 1 heterocycles. The number of hydrogen-bond acceptors (Lipinski definition) is 3. The summed E-state index contributed by atoms with van der Waals surface area (Å²) in [5, 5.41) is 8.84. The molecule has 0 aromatic heterocycles. The van der Waals surface area contributed by atoms with Crippen LogP contribution in [0, 0.1) is 5.82 Å². The van der Waals surface area contributed by atoms with Gasteiger partial charge in [-0.3, -0.25) is 14.8 Å². The fourth-order valence-electron chi connectivity index (χ4n) is 2.34. The van der Waals surface area contributed by atoms with Crippen molar-refractivity contribution in [2.45, 2.75) is 25.3 Å². The van der Waals surface area contributed by atoms with Gasteiger partial charge in [0.05, 0.1) is 6.42 Å². The summed E-state index contributed by atoms with van der Waals surface area (Å²) in [4.78, 5) is 25.1. The minimum absolute atomic E-state index is 0.00563. The van der Waals surface area contributed by atoms with E-state index in [-0.39, 0.29) is 17.4 Å². The zero-order chi connectivity index (χ0) is 14.7. The highest BCUT2D eigenvalue weighted by Crippen LogP contribution is 2.22. The van der Waals surface area contributed by atoms with Gasteiger partial charge < -0.3 is 4.90 Å². The quantitative estimate of drug-likeness (QED) is 0.657. The highest BCUT2D eigenvalue weighted by Gasteiger charge is 2.33. The van der Waals surface area contributed by atoms with Crippen LogP contribution in [0.2, 0.25) is 5.02 Å². The molecule has 0 aliphatic carbocycles. The maximum atomic E-state index is 12.9. The minimum atomic E-state index is -0.660. The molecule has 5 nitrogen and oxygen atoms in total. The highest BCUT2D eigenvalue weighted by atomic mass is 35.5. The number of likely N-dealkylation sites (tertiary alicyclic amines) is 1. The largest absolute Gasteiger partial charge is 0.330 e. The molecule has 1 aliphatic rings. The second-order valence-corrected chi connectivity index (χ2v) is 5.04. The molecule has 2 N–H and O–H groups in total. The number of rotatable bonds is 3. The molecule has 20 heavy (non-hydrogen) atoms. The van der Waals surface area contributed by atoms with Gasteiger partial charge in [0.25, 0.3) is 5.91 Å². The van der Waals surface area contributed by atoms with Crippen LogP contribution in [0.5, 0.6) is 0 Å². The normalized spacial score (nSPS) is 18.1. The summed E-state index contributed by atoms with van der Waals surface area (Å²) in [6.07, 6.45) is 1.20. The molecule has 0 unspecified atom stereocenters. The van der Waals surface area contributed by atoms with Crippen LogP contribution >= 0.6 is 11.6 Å². The summed E-state index contributed by atoms with van der Waals surface area (Å²) >= 11 is 5.88. The van der Waals surface area contributed by atoms with E-state index in [9.17, 15) is 14.0 Å². The van der Waals surface area contributed by atoms with Gasteiger partial charge in [0.1, 0.15) is 11.9 Å². The Morgan fingerprint density at radius 1 is 1.50 bits per heavy atom. The predicted molar refractivity (Wildman–Crippen MR) is 69.8 cm³/mol. The second kappa shape index (κ2) is 6.19. The summed E-state index contributed by atoms with van der Waals surface area (Å²) in [5.41, 5.74) is 2.07. The van der Waals surface area contributed by atoms with Crippen molar-refractivity contribution in [3.8, 4) is 0 Å². The Bertz CT molecular complexity index is 538. The van der Waals surface area contributed by atoms with Crippen LogP contribution in [0.3, 0.4) is 0 Å². The molecular weight excluding hydrogens is 287 g/mol. The summed E-state index contributed by atoms with van der Waals surface area (Å²) in [6.45, 7) is 0.454. The zero-order valence-electron chi connectivity index (χ0n) is 10.6. The third-order valence-electron chi connectivity index (χ3n) is 3.34. The fourth-order valence-corrected chi connectivity index (χ4v) is 2.58. The first kappa shape index (κ1) is 14.7. The number of nitrogens with zero attached hydrogens (tertiary/aromatic N) is 1. The molecule has 2 amide bonds. The summed E-state index contributed by atoms with van der Waals surface area (Å²) < 4.78 is 12.9. The molecule has 0 spiro atoms. The minimum Gasteiger partial charge on any atom is -0.330 e. The van der Waals surface area contributed by atoms with E-state index in [1.165, 1.54) is 17.0 Å². The molecule has 1 fully saturated rings. The Morgan fingerprint density at radius 2 is 2.25 bits per heavy atom. The smallest absolute Gasteiger partial charge is 0.266 e. The van der Waals surface area contributed by atoms with E-state index in [0.29, 0.717) is 24.9 Å². The lowest BCUT2D eigenvalue weighted by molar-refractivity contribution is -0.142. The van der Waals surface area contributed by atoms with Crippen molar-refractivity contribution in [2.24, 2.45) is 0 Å². The van der Waals surface area contributed by atoms with Gasteiger partial charge in [0.2, 0.25) is 5.91 Å². The van der Waals surface area contributed by atoms with Crippen LogP contribution in [-0.4, -0.2) is 34.5 Å². The number of benzene rings is 1. The van der Waals surface area contributed by atoms with E-state index in [2.05, 4.69) is 0 Å². The average Bonchev–Trinajstić information content (AvgIpc) is 2.90. The first-order valence-corrected chi connectivity index (χ1v) is 6.58. The van der Waals surface area contributed by atoms with Gasteiger partial charge in [0, 0.05) is 11.6 Å². The molecule has 1 saturated heterocycles. The van der Waals surface area contributed by atoms with E-state index in [0.717, 1.165) is 6.07 Å². The number of hydrogen-bond donors (Lipinski definition) is 2. The molecule has 0 bridgehead atoms. The molecule has 1 aromatic rings. The number of carbonyl (C=O) groups excluding carboxylic acids is 2. The molecule has 1 aliphatic heterocycles. The van der Waals surface area contributed by atoms with E-state index in [1.54, 1.807) is 5.48 Å². The summed E-state index contributed by atoms with van der Waals surface area (Å²) in [6, 6.07) is 3.17. The molecule has 2 rings (SSSR count).